The Bertz CT molecular complexity index is 1650. The molecule has 0 N–H and O–H groups in total. The summed E-state index contributed by atoms with van der Waals surface area (Å²) in [6, 6.07) is 32.8. The third kappa shape index (κ3) is 6.04. The van der Waals surface area contributed by atoms with Crippen LogP contribution in [0.1, 0.15) is 63.9 Å². The number of hydrogen-bond acceptors (Lipinski definition) is 6. The van der Waals surface area contributed by atoms with Gasteiger partial charge in [-0.15, -0.1) is 0 Å². The largest absolute Gasteiger partial charge is 0.489 e. The molecule has 44 heavy (non-hydrogen) atoms. The van der Waals surface area contributed by atoms with E-state index in [4.69, 9.17) is 9.47 Å². The maximum absolute atomic E-state index is 13.4. The molecule has 222 valence electrons. The van der Waals surface area contributed by atoms with Gasteiger partial charge < -0.3 is 9.47 Å². The number of Topliss-reactive ketones (excluding diaryl/α,β-unsaturated/α-hetero) is 1. The van der Waals surface area contributed by atoms with Gasteiger partial charge in [0.2, 0.25) is 17.6 Å². The molecule has 1 aliphatic heterocycles. The highest BCUT2D eigenvalue weighted by Gasteiger charge is 2.50. The van der Waals surface area contributed by atoms with Gasteiger partial charge in [0.15, 0.2) is 6.10 Å². The molecule has 4 aromatic rings. The van der Waals surface area contributed by atoms with Gasteiger partial charge in [-0.05, 0) is 91.8 Å². The second kappa shape index (κ2) is 12.7. The van der Waals surface area contributed by atoms with E-state index in [0.29, 0.717) is 36.4 Å². The van der Waals surface area contributed by atoms with Crippen LogP contribution in [0.2, 0.25) is 0 Å². The minimum absolute atomic E-state index is 0.183. The number of benzene rings is 4. The van der Waals surface area contributed by atoms with E-state index in [0.717, 1.165) is 12.0 Å². The molecule has 2 aliphatic rings. The maximum Gasteiger partial charge on any atom is 0.338 e. The molecule has 0 bridgehead atoms. The second-order valence-electron chi connectivity index (χ2n) is 11.4. The van der Waals surface area contributed by atoms with E-state index < -0.39 is 12.1 Å². The number of ether oxygens (including phenoxy) is 2. The van der Waals surface area contributed by atoms with E-state index in [1.54, 1.807) is 36.4 Å². The summed E-state index contributed by atoms with van der Waals surface area (Å²) in [7, 11) is 0. The normalized spacial score (nSPS) is 20.1. The number of anilines is 1. The van der Waals surface area contributed by atoms with Crippen LogP contribution in [0.25, 0.3) is 0 Å². The zero-order valence-corrected chi connectivity index (χ0v) is 24.4. The van der Waals surface area contributed by atoms with Crippen LogP contribution >= 0.6 is 0 Å². The number of rotatable bonds is 9. The third-order valence-electron chi connectivity index (χ3n) is 8.60. The van der Waals surface area contributed by atoms with Gasteiger partial charge in [0.1, 0.15) is 12.4 Å². The van der Waals surface area contributed by atoms with Crippen molar-refractivity contribution in [2.24, 2.45) is 11.8 Å². The van der Waals surface area contributed by atoms with Crippen LogP contribution in [-0.2, 0) is 20.9 Å². The Morgan fingerprint density at radius 3 is 2.05 bits per heavy atom. The van der Waals surface area contributed by atoms with Crippen LogP contribution in [0.5, 0.6) is 5.75 Å². The SMILES string of the molecule is C[C@H](OC(=O)c1ccc(N2C(=O)[C@@H]3CC[C@H](c4ccccc4)C[C@H]3C2=O)cc1)C(=O)c1ccc(OCc2ccccc2)cc1. The summed E-state index contributed by atoms with van der Waals surface area (Å²) in [5, 5.41) is 0. The van der Waals surface area contributed by atoms with Gasteiger partial charge >= 0.3 is 5.97 Å². The first-order valence-corrected chi connectivity index (χ1v) is 14.9. The molecule has 2 fully saturated rings. The summed E-state index contributed by atoms with van der Waals surface area (Å²) in [4.78, 5) is 53.7. The van der Waals surface area contributed by atoms with E-state index in [2.05, 4.69) is 12.1 Å². The van der Waals surface area contributed by atoms with E-state index in [1.165, 1.54) is 29.5 Å². The molecule has 1 saturated carbocycles. The Hall–Kier alpha value is -5.04. The van der Waals surface area contributed by atoms with Crippen molar-refractivity contribution in [3.8, 4) is 5.75 Å². The van der Waals surface area contributed by atoms with Gasteiger partial charge in [-0.1, -0.05) is 60.7 Å². The fraction of sp³-hybridized carbons (Fsp3) is 0.243. The van der Waals surface area contributed by atoms with Crippen molar-refractivity contribution in [3.05, 3.63) is 131 Å². The number of carbonyl (C=O) groups is 4. The molecule has 0 spiro atoms. The lowest BCUT2D eigenvalue weighted by molar-refractivity contribution is -0.122. The molecule has 0 unspecified atom stereocenters. The molecule has 4 aromatic carbocycles. The first kappa shape index (κ1) is 29.1. The number of nitrogens with zero attached hydrogens (tertiary/aromatic N) is 1. The van der Waals surface area contributed by atoms with Crippen LogP contribution in [0.15, 0.2) is 109 Å². The summed E-state index contributed by atoms with van der Waals surface area (Å²) in [6.07, 6.45) is 1.17. The van der Waals surface area contributed by atoms with Gasteiger partial charge in [-0.3, -0.25) is 19.3 Å². The topological polar surface area (TPSA) is 90.0 Å². The van der Waals surface area contributed by atoms with Crippen molar-refractivity contribution in [3.63, 3.8) is 0 Å². The van der Waals surface area contributed by atoms with Crippen molar-refractivity contribution < 1.29 is 28.7 Å². The summed E-state index contributed by atoms with van der Waals surface area (Å²) < 4.78 is 11.2. The first-order valence-electron chi connectivity index (χ1n) is 14.9. The standard InChI is InChI=1S/C37H33NO6/c1-24(34(39)27-14-19-31(20-15-27)43-23-25-8-4-2-5-9-25)44-37(42)28-12-17-30(18-13-28)38-35(40)32-21-16-29(22-33(32)36(38)41)26-10-6-3-7-11-26/h2-15,17-20,24,29,32-33H,16,21-23H2,1H3/t24-,29-,32+,33+/m0/s1. The lowest BCUT2D eigenvalue weighted by Gasteiger charge is -2.28. The monoisotopic (exact) mass is 587 g/mol. The molecule has 4 atom stereocenters. The minimum atomic E-state index is -1.01. The van der Waals surface area contributed by atoms with Gasteiger partial charge in [-0.25, -0.2) is 4.79 Å². The van der Waals surface area contributed by atoms with E-state index >= 15 is 0 Å². The minimum Gasteiger partial charge on any atom is -0.489 e. The van der Waals surface area contributed by atoms with Crippen molar-refractivity contribution in [2.75, 3.05) is 4.90 Å². The summed E-state index contributed by atoms with van der Waals surface area (Å²) >= 11 is 0. The second-order valence-corrected chi connectivity index (χ2v) is 11.4. The Balaban J connectivity index is 1.05. The Kier molecular flexibility index (Phi) is 8.37. The van der Waals surface area contributed by atoms with Gasteiger partial charge in [0.05, 0.1) is 23.1 Å². The summed E-state index contributed by atoms with van der Waals surface area (Å²) in [5.41, 5.74) is 3.29. The van der Waals surface area contributed by atoms with Crippen LogP contribution < -0.4 is 9.64 Å². The molecule has 2 amide bonds. The quantitative estimate of drug-likeness (QED) is 0.122. The molecule has 7 nitrogen and oxygen atoms in total. The summed E-state index contributed by atoms with van der Waals surface area (Å²) in [6.45, 7) is 1.94. The van der Waals surface area contributed by atoms with Crippen molar-refractivity contribution >= 4 is 29.3 Å². The Morgan fingerprint density at radius 2 is 1.36 bits per heavy atom. The molecule has 1 saturated heterocycles. The highest BCUT2D eigenvalue weighted by molar-refractivity contribution is 6.22. The van der Waals surface area contributed by atoms with E-state index in [1.807, 2.05) is 48.5 Å². The van der Waals surface area contributed by atoms with Crippen molar-refractivity contribution in [2.45, 2.75) is 44.8 Å². The number of ketones is 1. The molecule has 0 radical (unpaired) electrons. The number of esters is 1. The molecule has 1 aliphatic carbocycles. The van der Waals surface area contributed by atoms with E-state index in [-0.39, 0.29) is 40.9 Å². The molecule has 6 rings (SSSR count). The molecule has 0 aromatic heterocycles. The molecule has 7 heteroatoms. The molecule has 1 heterocycles. The zero-order chi connectivity index (χ0) is 30.6. The number of hydrogen-bond donors (Lipinski definition) is 0. The van der Waals surface area contributed by atoms with Crippen molar-refractivity contribution in [1.82, 2.24) is 0 Å². The Labute approximate surface area is 256 Å². The average Bonchev–Trinajstić information content (AvgIpc) is 3.32. The molecular weight excluding hydrogens is 554 g/mol. The van der Waals surface area contributed by atoms with Gasteiger partial charge in [0.25, 0.3) is 0 Å². The lowest BCUT2D eigenvalue weighted by Crippen LogP contribution is -2.31. The predicted molar refractivity (Wildman–Crippen MR) is 165 cm³/mol. The van der Waals surface area contributed by atoms with Gasteiger partial charge in [0, 0.05) is 5.56 Å². The third-order valence-corrected chi connectivity index (χ3v) is 8.60. The fourth-order valence-corrected chi connectivity index (χ4v) is 6.18. The Morgan fingerprint density at radius 1 is 0.750 bits per heavy atom. The summed E-state index contributed by atoms with van der Waals surface area (Å²) in [5.74, 6) is -1.16. The highest BCUT2D eigenvalue weighted by atomic mass is 16.5. The maximum atomic E-state index is 13.4. The van der Waals surface area contributed by atoms with Crippen molar-refractivity contribution in [1.29, 1.82) is 0 Å². The number of fused-ring (bicyclic) bond motifs is 1. The molecular formula is C37H33NO6. The van der Waals surface area contributed by atoms with Crippen LogP contribution in [0.3, 0.4) is 0 Å². The smallest absolute Gasteiger partial charge is 0.338 e. The number of amides is 2. The lowest BCUT2D eigenvalue weighted by atomic mass is 9.73. The van der Waals surface area contributed by atoms with E-state index in [9.17, 15) is 19.2 Å². The highest BCUT2D eigenvalue weighted by Crippen LogP contribution is 2.45. The van der Waals surface area contributed by atoms with Crippen LogP contribution in [0, 0.1) is 11.8 Å². The van der Waals surface area contributed by atoms with Gasteiger partial charge in [-0.2, -0.15) is 0 Å². The van der Waals surface area contributed by atoms with Crippen LogP contribution in [-0.4, -0.2) is 29.7 Å². The fourth-order valence-electron chi connectivity index (χ4n) is 6.18. The zero-order valence-electron chi connectivity index (χ0n) is 24.4. The first-order chi connectivity index (χ1) is 21.4. The predicted octanol–water partition coefficient (Wildman–Crippen LogP) is 6.77. The number of imide groups is 1. The average molecular weight is 588 g/mol. The number of carbonyl (C=O) groups excluding carboxylic acids is 4. The van der Waals surface area contributed by atoms with Crippen LogP contribution in [0.4, 0.5) is 5.69 Å².